The molecule has 0 spiro atoms. The van der Waals surface area contributed by atoms with E-state index in [0.717, 1.165) is 0 Å². The number of nitro benzene ring substituents is 1. The molecule has 1 atom stereocenters. The minimum atomic E-state index is -0.622. The smallest absolute Gasteiger partial charge is 0.269 e. The molecule has 4 rings (SSSR count). The maximum atomic E-state index is 11.3. The molecular weight excluding hydrogens is 392 g/mol. The number of fused-ring (bicyclic) bond motifs is 1. The number of hydrogen-bond donors (Lipinski definition) is 2. The molecule has 8 heteroatoms. The summed E-state index contributed by atoms with van der Waals surface area (Å²) in [5.41, 5.74) is 2.03. The van der Waals surface area contributed by atoms with Crippen LogP contribution in [0.4, 0.5) is 11.4 Å². The summed E-state index contributed by atoms with van der Waals surface area (Å²) in [4.78, 5) is 19.1. The Bertz CT molecular complexity index is 1200. The van der Waals surface area contributed by atoms with E-state index in [4.69, 9.17) is 11.6 Å². The molecule has 4 aromatic rings. The van der Waals surface area contributed by atoms with Crippen LogP contribution in [-0.4, -0.2) is 20.0 Å². The lowest BCUT2D eigenvalue weighted by atomic mass is 9.95. The predicted octanol–water partition coefficient (Wildman–Crippen LogP) is 5.10. The summed E-state index contributed by atoms with van der Waals surface area (Å²) >= 11 is 6.45. The first kappa shape index (κ1) is 18.6. The maximum Gasteiger partial charge on any atom is 0.269 e. The van der Waals surface area contributed by atoms with E-state index in [-0.39, 0.29) is 11.4 Å². The number of nitrogens with one attached hydrogen (secondary N) is 1. The second-order valence-electron chi connectivity index (χ2n) is 6.37. The first-order valence-electron chi connectivity index (χ1n) is 8.71. The van der Waals surface area contributed by atoms with E-state index in [1.54, 1.807) is 55.0 Å². The minimum Gasteiger partial charge on any atom is -0.505 e. The predicted molar refractivity (Wildman–Crippen MR) is 111 cm³/mol. The van der Waals surface area contributed by atoms with Crippen molar-refractivity contribution in [3.63, 3.8) is 0 Å². The van der Waals surface area contributed by atoms with Crippen LogP contribution in [0.2, 0.25) is 5.02 Å². The van der Waals surface area contributed by atoms with Gasteiger partial charge in [-0.05, 0) is 35.9 Å². The zero-order valence-corrected chi connectivity index (χ0v) is 15.7. The van der Waals surface area contributed by atoms with Crippen molar-refractivity contribution in [2.45, 2.75) is 6.04 Å². The molecule has 2 N–H and O–H groups in total. The van der Waals surface area contributed by atoms with Gasteiger partial charge in [-0.3, -0.25) is 20.1 Å². The number of nitrogens with zero attached hydrogens (tertiary/aromatic N) is 3. The number of rotatable bonds is 5. The van der Waals surface area contributed by atoms with E-state index < -0.39 is 11.0 Å². The third kappa shape index (κ3) is 3.68. The Hall–Kier alpha value is -3.71. The third-order valence-electron chi connectivity index (χ3n) is 4.54. The van der Waals surface area contributed by atoms with Gasteiger partial charge in [-0.1, -0.05) is 23.7 Å². The van der Waals surface area contributed by atoms with Crippen LogP contribution < -0.4 is 5.32 Å². The highest BCUT2D eigenvalue weighted by atomic mass is 35.5. The van der Waals surface area contributed by atoms with Crippen LogP contribution >= 0.6 is 11.6 Å². The Labute approximate surface area is 170 Å². The zero-order chi connectivity index (χ0) is 20.4. The van der Waals surface area contributed by atoms with Crippen molar-refractivity contribution in [3.05, 3.63) is 99.5 Å². The second kappa shape index (κ2) is 7.73. The Balaban J connectivity index is 1.91. The molecule has 0 saturated heterocycles. The van der Waals surface area contributed by atoms with Crippen molar-refractivity contribution in [1.82, 2.24) is 9.97 Å². The molecule has 0 saturated carbocycles. The Morgan fingerprint density at radius 3 is 2.69 bits per heavy atom. The van der Waals surface area contributed by atoms with Crippen molar-refractivity contribution >= 4 is 33.9 Å². The van der Waals surface area contributed by atoms with Gasteiger partial charge in [0.25, 0.3) is 5.69 Å². The number of phenolic OH excluding ortho intramolecular Hbond substituents is 1. The molecule has 0 aliphatic rings. The van der Waals surface area contributed by atoms with Gasteiger partial charge in [-0.2, -0.15) is 0 Å². The van der Waals surface area contributed by atoms with Crippen LogP contribution in [0.25, 0.3) is 10.9 Å². The van der Waals surface area contributed by atoms with Crippen LogP contribution in [0.1, 0.15) is 17.2 Å². The molecule has 144 valence electrons. The number of hydrogen-bond acceptors (Lipinski definition) is 6. The number of phenols is 1. The molecule has 0 radical (unpaired) electrons. The van der Waals surface area contributed by atoms with Crippen LogP contribution in [0, 0.1) is 10.1 Å². The quantitative estimate of drug-likeness (QED) is 0.353. The summed E-state index contributed by atoms with van der Waals surface area (Å²) in [6.45, 7) is 0. The average Bonchev–Trinajstić information content (AvgIpc) is 2.75. The number of nitro groups is 1. The van der Waals surface area contributed by atoms with Crippen molar-refractivity contribution in [3.8, 4) is 5.75 Å². The third-order valence-corrected chi connectivity index (χ3v) is 4.86. The molecule has 2 aromatic carbocycles. The molecular formula is C21H15ClN4O3. The van der Waals surface area contributed by atoms with Crippen LogP contribution in [0.5, 0.6) is 5.75 Å². The Kier molecular flexibility index (Phi) is 4.97. The van der Waals surface area contributed by atoms with E-state index in [9.17, 15) is 15.2 Å². The summed E-state index contributed by atoms with van der Waals surface area (Å²) in [5.74, 6) is -0.0436. The van der Waals surface area contributed by atoms with Crippen molar-refractivity contribution < 1.29 is 10.0 Å². The number of anilines is 1. The highest BCUT2D eigenvalue weighted by Crippen LogP contribution is 2.40. The maximum absolute atomic E-state index is 11.3. The fraction of sp³-hybridized carbons (Fsp3) is 0.0476. The zero-order valence-electron chi connectivity index (χ0n) is 15.0. The summed E-state index contributed by atoms with van der Waals surface area (Å²) in [5, 5.41) is 26.5. The van der Waals surface area contributed by atoms with Gasteiger partial charge in [0.1, 0.15) is 11.3 Å². The van der Waals surface area contributed by atoms with Gasteiger partial charge in [0, 0.05) is 41.7 Å². The average molecular weight is 407 g/mol. The second-order valence-corrected chi connectivity index (χ2v) is 6.77. The van der Waals surface area contributed by atoms with Crippen molar-refractivity contribution in [2.24, 2.45) is 0 Å². The van der Waals surface area contributed by atoms with Crippen LogP contribution in [-0.2, 0) is 0 Å². The molecule has 2 aromatic heterocycles. The number of aromatic nitrogens is 2. The lowest BCUT2D eigenvalue weighted by Crippen LogP contribution is -2.13. The number of pyridine rings is 2. The van der Waals surface area contributed by atoms with Gasteiger partial charge >= 0.3 is 0 Å². The largest absolute Gasteiger partial charge is 0.505 e. The van der Waals surface area contributed by atoms with E-state index in [1.165, 1.54) is 12.1 Å². The monoisotopic (exact) mass is 406 g/mol. The standard InChI is InChI=1S/C21H15ClN4O3/c22-18-11-17(21(27)20-16(18)7-3-9-24-20)19(25-14-5-2-8-23-12-14)13-4-1-6-15(10-13)26(28)29/h1-12,19,25,27H. The molecule has 7 nitrogen and oxygen atoms in total. The van der Waals surface area contributed by atoms with Gasteiger partial charge < -0.3 is 10.4 Å². The Morgan fingerprint density at radius 2 is 1.93 bits per heavy atom. The summed E-state index contributed by atoms with van der Waals surface area (Å²) in [6.07, 6.45) is 4.84. The fourth-order valence-corrected chi connectivity index (χ4v) is 3.47. The summed E-state index contributed by atoms with van der Waals surface area (Å²) in [7, 11) is 0. The van der Waals surface area contributed by atoms with Gasteiger partial charge in [0.05, 0.1) is 21.7 Å². The van der Waals surface area contributed by atoms with Crippen molar-refractivity contribution in [1.29, 1.82) is 0 Å². The van der Waals surface area contributed by atoms with E-state index in [2.05, 4.69) is 15.3 Å². The van der Waals surface area contributed by atoms with Gasteiger partial charge in [-0.25, -0.2) is 0 Å². The Morgan fingerprint density at radius 1 is 1.10 bits per heavy atom. The lowest BCUT2D eigenvalue weighted by molar-refractivity contribution is -0.384. The van der Waals surface area contributed by atoms with Crippen molar-refractivity contribution in [2.75, 3.05) is 5.32 Å². The van der Waals surface area contributed by atoms with Gasteiger partial charge in [0.15, 0.2) is 0 Å². The summed E-state index contributed by atoms with van der Waals surface area (Å²) < 4.78 is 0. The molecule has 0 amide bonds. The first-order chi connectivity index (χ1) is 14.0. The highest BCUT2D eigenvalue weighted by Gasteiger charge is 2.23. The SMILES string of the molecule is O=[N+]([O-])c1cccc(C(Nc2cccnc2)c2cc(Cl)c3cccnc3c2O)c1. The van der Waals surface area contributed by atoms with E-state index in [1.807, 2.05) is 6.07 Å². The molecule has 0 aliphatic heterocycles. The van der Waals surface area contributed by atoms with E-state index in [0.29, 0.717) is 32.7 Å². The van der Waals surface area contributed by atoms with Gasteiger partial charge in [0.2, 0.25) is 0 Å². The molecule has 2 heterocycles. The summed E-state index contributed by atoms with van der Waals surface area (Å²) in [6, 6.07) is 14.3. The number of halogens is 1. The molecule has 1 unspecified atom stereocenters. The topological polar surface area (TPSA) is 101 Å². The van der Waals surface area contributed by atoms with Gasteiger partial charge in [-0.15, -0.1) is 0 Å². The molecule has 0 aliphatic carbocycles. The molecule has 0 bridgehead atoms. The normalized spacial score (nSPS) is 11.9. The van der Waals surface area contributed by atoms with Crippen LogP contribution in [0.15, 0.2) is 73.2 Å². The lowest BCUT2D eigenvalue weighted by Gasteiger charge is -2.22. The number of non-ortho nitro benzene ring substituents is 1. The molecule has 0 fully saturated rings. The number of aromatic hydroxyl groups is 1. The number of benzene rings is 2. The highest BCUT2D eigenvalue weighted by molar-refractivity contribution is 6.35. The first-order valence-corrected chi connectivity index (χ1v) is 9.09. The van der Waals surface area contributed by atoms with Crippen LogP contribution in [0.3, 0.4) is 0 Å². The molecule has 29 heavy (non-hydrogen) atoms. The van der Waals surface area contributed by atoms with E-state index >= 15 is 0 Å². The minimum absolute atomic E-state index is 0.0436. The fourth-order valence-electron chi connectivity index (χ4n) is 3.20.